The second kappa shape index (κ2) is 4.37. The summed E-state index contributed by atoms with van der Waals surface area (Å²) in [5.74, 6) is 1.76. The lowest BCUT2D eigenvalue weighted by atomic mass is 10.2. The summed E-state index contributed by atoms with van der Waals surface area (Å²) in [6.07, 6.45) is 0. The van der Waals surface area contributed by atoms with Crippen LogP contribution in [-0.2, 0) is 5.88 Å². The van der Waals surface area contributed by atoms with Crippen LogP contribution in [0.3, 0.4) is 0 Å². The van der Waals surface area contributed by atoms with Crippen molar-refractivity contribution in [3.05, 3.63) is 40.2 Å². The summed E-state index contributed by atoms with van der Waals surface area (Å²) >= 11 is 9.19. The summed E-state index contributed by atoms with van der Waals surface area (Å²) in [5, 5.41) is 0. The maximum absolute atomic E-state index is 5.74. The molecule has 0 radical (unpaired) electrons. The van der Waals surface area contributed by atoms with Gasteiger partial charge < -0.3 is 4.42 Å². The lowest BCUT2D eigenvalue weighted by molar-refractivity contribution is 0.540. The molecule has 0 N–H and O–H groups in total. The van der Waals surface area contributed by atoms with Gasteiger partial charge in [0.05, 0.1) is 17.1 Å². The van der Waals surface area contributed by atoms with Crippen LogP contribution in [0.25, 0.3) is 11.5 Å². The van der Waals surface area contributed by atoms with Gasteiger partial charge in [-0.1, -0.05) is 12.1 Å². The number of rotatable bonds is 2. The maximum atomic E-state index is 5.74. The molecule has 0 aliphatic carbocycles. The molecule has 0 spiro atoms. The average Bonchev–Trinajstić information content (AvgIpc) is 2.60. The Kier molecular flexibility index (Phi) is 3.12. The van der Waals surface area contributed by atoms with Gasteiger partial charge in [-0.05, 0) is 35.0 Å². The molecule has 78 valence electrons. The Hall–Kier alpha value is -0.800. The van der Waals surface area contributed by atoms with Crippen molar-refractivity contribution in [1.29, 1.82) is 0 Å². The molecule has 0 atom stereocenters. The van der Waals surface area contributed by atoms with Crippen LogP contribution in [0.15, 0.2) is 33.2 Å². The van der Waals surface area contributed by atoms with E-state index in [1.54, 1.807) is 0 Å². The highest BCUT2D eigenvalue weighted by atomic mass is 79.9. The van der Waals surface area contributed by atoms with Crippen molar-refractivity contribution in [3.8, 4) is 11.5 Å². The topological polar surface area (TPSA) is 26.0 Å². The van der Waals surface area contributed by atoms with Crippen LogP contribution in [-0.4, -0.2) is 4.98 Å². The minimum Gasteiger partial charge on any atom is -0.441 e. The number of alkyl halides is 1. The summed E-state index contributed by atoms with van der Waals surface area (Å²) in [4.78, 5) is 4.33. The largest absolute Gasteiger partial charge is 0.441 e. The second-order valence-electron chi connectivity index (χ2n) is 3.14. The molecule has 1 heterocycles. The van der Waals surface area contributed by atoms with Gasteiger partial charge >= 0.3 is 0 Å². The first-order valence-corrected chi connectivity index (χ1v) is 5.82. The molecular weight excluding hydrogens is 277 g/mol. The Balaban J connectivity index is 2.50. The van der Waals surface area contributed by atoms with Crippen molar-refractivity contribution in [2.45, 2.75) is 12.8 Å². The van der Waals surface area contributed by atoms with Gasteiger partial charge in [0.1, 0.15) is 5.76 Å². The van der Waals surface area contributed by atoms with E-state index >= 15 is 0 Å². The Morgan fingerprint density at radius 1 is 1.40 bits per heavy atom. The van der Waals surface area contributed by atoms with Crippen LogP contribution in [0.2, 0.25) is 0 Å². The fraction of sp³-hybridized carbons (Fsp3) is 0.182. The number of aryl methyl sites for hydroxylation is 1. The lowest BCUT2D eigenvalue weighted by Crippen LogP contribution is -1.81. The zero-order valence-corrected chi connectivity index (χ0v) is 10.5. The Bertz CT molecular complexity index is 481. The monoisotopic (exact) mass is 285 g/mol. The standard InChI is InChI=1S/C11H9BrClNO/c1-7-10(6-13)14-11(15-7)8-4-2-3-5-9(8)12/h2-5H,6H2,1H3. The van der Waals surface area contributed by atoms with Gasteiger partial charge in [-0.2, -0.15) is 0 Å². The van der Waals surface area contributed by atoms with Crippen LogP contribution in [0.4, 0.5) is 0 Å². The number of benzene rings is 1. The molecule has 0 fully saturated rings. The molecule has 0 bridgehead atoms. The number of aromatic nitrogens is 1. The fourth-order valence-electron chi connectivity index (χ4n) is 1.30. The Morgan fingerprint density at radius 2 is 2.13 bits per heavy atom. The van der Waals surface area contributed by atoms with Crippen molar-refractivity contribution in [3.63, 3.8) is 0 Å². The third kappa shape index (κ3) is 2.08. The third-order valence-corrected chi connectivity index (χ3v) is 3.07. The normalized spacial score (nSPS) is 10.6. The Labute approximate surface area is 101 Å². The van der Waals surface area contributed by atoms with E-state index in [1.165, 1.54) is 0 Å². The number of hydrogen-bond acceptors (Lipinski definition) is 2. The van der Waals surface area contributed by atoms with Crippen molar-refractivity contribution >= 4 is 27.5 Å². The molecule has 0 saturated heterocycles. The van der Waals surface area contributed by atoms with E-state index in [9.17, 15) is 0 Å². The van der Waals surface area contributed by atoms with Crippen molar-refractivity contribution in [2.75, 3.05) is 0 Å². The number of hydrogen-bond donors (Lipinski definition) is 0. The minimum absolute atomic E-state index is 0.375. The molecule has 4 heteroatoms. The van der Waals surface area contributed by atoms with Crippen LogP contribution >= 0.6 is 27.5 Å². The first-order chi connectivity index (χ1) is 7.22. The predicted molar refractivity (Wildman–Crippen MR) is 63.9 cm³/mol. The predicted octanol–water partition coefficient (Wildman–Crippen LogP) is 4.15. The van der Waals surface area contributed by atoms with E-state index in [1.807, 2.05) is 31.2 Å². The summed E-state index contributed by atoms with van der Waals surface area (Å²) in [6, 6.07) is 7.80. The summed E-state index contributed by atoms with van der Waals surface area (Å²) in [6.45, 7) is 1.87. The molecule has 2 nitrogen and oxygen atoms in total. The zero-order chi connectivity index (χ0) is 10.8. The van der Waals surface area contributed by atoms with Crippen LogP contribution in [0.1, 0.15) is 11.5 Å². The van der Waals surface area contributed by atoms with Crippen molar-refractivity contribution in [1.82, 2.24) is 4.98 Å². The van der Waals surface area contributed by atoms with Gasteiger partial charge in [-0.15, -0.1) is 11.6 Å². The minimum atomic E-state index is 0.375. The van der Waals surface area contributed by atoms with Gasteiger partial charge in [0.15, 0.2) is 0 Å². The molecule has 1 aromatic carbocycles. The second-order valence-corrected chi connectivity index (χ2v) is 4.26. The summed E-state index contributed by atoms with van der Waals surface area (Å²) in [7, 11) is 0. The van der Waals surface area contributed by atoms with E-state index in [2.05, 4.69) is 20.9 Å². The quantitative estimate of drug-likeness (QED) is 0.775. The zero-order valence-electron chi connectivity index (χ0n) is 8.13. The number of halogens is 2. The first-order valence-electron chi connectivity index (χ1n) is 4.49. The molecule has 1 aromatic heterocycles. The Morgan fingerprint density at radius 3 is 2.73 bits per heavy atom. The average molecular weight is 287 g/mol. The van der Waals surface area contributed by atoms with E-state index in [0.717, 1.165) is 21.5 Å². The van der Waals surface area contributed by atoms with Crippen molar-refractivity contribution < 1.29 is 4.42 Å². The van der Waals surface area contributed by atoms with Gasteiger partial charge in [0, 0.05) is 4.47 Å². The molecule has 0 aliphatic rings. The SMILES string of the molecule is Cc1oc(-c2ccccc2Br)nc1CCl. The highest BCUT2D eigenvalue weighted by molar-refractivity contribution is 9.10. The highest BCUT2D eigenvalue weighted by Crippen LogP contribution is 2.28. The molecule has 2 rings (SSSR count). The fourth-order valence-corrected chi connectivity index (χ4v) is 2.00. The van der Waals surface area contributed by atoms with Gasteiger partial charge in [-0.25, -0.2) is 4.98 Å². The molecule has 15 heavy (non-hydrogen) atoms. The molecule has 2 aromatic rings. The van der Waals surface area contributed by atoms with E-state index in [-0.39, 0.29) is 0 Å². The van der Waals surface area contributed by atoms with Gasteiger partial charge in [0.25, 0.3) is 0 Å². The molecule has 0 saturated carbocycles. The molecular formula is C11H9BrClNO. The molecule has 0 amide bonds. The summed E-state index contributed by atoms with van der Waals surface area (Å²) in [5.41, 5.74) is 1.74. The van der Waals surface area contributed by atoms with Crippen LogP contribution in [0.5, 0.6) is 0 Å². The first kappa shape index (κ1) is 10.7. The van der Waals surface area contributed by atoms with Crippen LogP contribution in [0, 0.1) is 6.92 Å². The molecule has 0 aliphatic heterocycles. The van der Waals surface area contributed by atoms with E-state index < -0.39 is 0 Å². The van der Waals surface area contributed by atoms with Gasteiger partial charge in [0.2, 0.25) is 5.89 Å². The van der Waals surface area contributed by atoms with Crippen LogP contribution < -0.4 is 0 Å². The smallest absolute Gasteiger partial charge is 0.227 e. The molecule has 0 unspecified atom stereocenters. The highest BCUT2D eigenvalue weighted by Gasteiger charge is 2.12. The number of oxazole rings is 1. The lowest BCUT2D eigenvalue weighted by Gasteiger charge is -1.97. The van der Waals surface area contributed by atoms with Gasteiger partial charge in [-0.3, -0.25) is 0 Å². The maximum Gasteiger partial charge on any atom is 0.227 e. The van der Waals surface area contributed by atoms with E-state index in [4.69, 9.17) is 16.0 Å². The summed E-state index contributed by atoms with van der Waals surface area (Å²) < 4.78 is 6.51. The third-order valence-electron chi connectivity index (χ3n) is 2.12. The number of nitrogens with zero attached hydrogens (tertiary/aromatic N) is 1. The van der Waals surface area contributed by atoms with Crippen molar-refractivity contribution in [2.24, 2.45) is 0 Å². The van der Waals surface area contributed by atoms with E-state index in [0.29, 0.717) is 11.8 Å².